The number of Topliss-reactive ketones (excluding diaryl/α,β-unsaturated/α-hetero) is 1. The molecule has 8 heteroatoms. The van der Waals surface area contributed by atoms with Gasteiger partial charge in [-0.25, -0.2) is 0 Å². The lowest BCUT2D eigenvalue weighted by Crippen LogP contribution is -2.67. The molecule has 0 radical (unpaired) electrons. The molecule has 0 aromatic rings. The number of carbonyl (C=O) groups excluding carboxylic acids is 3. The summed E-state index contributed by atoms with van der Waals surface area (Å²) in [5, 5.41) is 12.1. The van der Waals surface area contributed by atoms with Crippen molar-refractivity contribution in [3.8, 4) is 0 Å². The lowest BCUT2D eigenvalue weighted by Gasteiger charge is -2.73. The zero-order valence-electron chi connectivity index (χ0n) is 33.0. The summed E-state index contributed by atoms with van der Waals surface area (Å²) in [6.45, 7) is 21.3. The molecule has 0 heterocycles. The maximum Gasteiger partial charge on any atom is 0.305 e. The Labute approximate surface area is 308 Å². The minimum atomic E-state index is -0.960. The van der Waals surface area contributed by atoms with Gasteiger partial charge in [-0.3, -0.25) is 19.2 Å². The van der Waals surface area contributed by atoms with Gasteiger partial charge in [0.1, 0.15) is 6.10 Å². The van der Waals surface area contributed by atoms with E-state index in [2.05, 4.69) is 53.4 Å². The standard InChI is InChI=1S/C43H70N2O6/c1-27(2)29-16-22-43(37(49)30(13-11-9-10-12-25-44)38(50)45-26-19-35(47)48)24-23-41(7)31(36(29)43)14-15-33-40(6)20-18-34(51-28(3)46)39(4,5)32(40)17-21-42(33,41)8/h29-34,36H,1,9-26,44H2,2-8H3,(H,45,50)(H,47,48)/t29-,30?,31+,32-,33?,34-,36+,40-,41+,42+,43-/m0/s1. The molecule has 0 aromatic carbocycles. The van der Waals surface area contributed by atoms with Crippen LogP contribution in [0.5, 0.6) is 0 Å². The van der Waals surface area contributed by atoms with Crippen LogP contribution in [0.3, 0.4) is 0 Å². The zero-order valence-corrected chi connectivity index (χ0v) is 33.0. The van der Waals surface area contributed by atoms with Crippen LogP contribution in [0.4, 0.5) is 0 Å². The molecule has 5 saturated carbocycles. The van der Waals surface area contributed by atoms with Crippen LogP contribution in [0, 0.1) is 62.6 Å². The largest absolute Gasteiger partial charge is 0.481 e. The lowest BCUT2D eigenvalue weighted by molar-refractivity contribution is -0.249. The molecule has 0 spiro atoms. The fraction of sp³-hybridized carbons (Fsp3) is 0.860. The first-order valence-electron chi connectivity index (χ1n) is 20.5. The van der Waals surface area contributed by atoms with Crippen LogP contribution < -0.4 is 11.1 Å². The maximum absolute atomic E-state index is 15.2. The number of ketones is 1. The van der Waals surface area contributed by atoms with Gasteiger partial charge in [-0.1, -0.05) is 66.0 Å². The van der Waals surface area contributed by atoms with Crippen molar-refractivity contribution in [2.45, 2.75) is 157 Å². The number of rotatable bonds is 14. The van der Waals surface area contributed by atoms with Gasteiger partial charge in [0.15, 0.2) is 5.78 Å². The Bertz CT molecular complexity index is 1360. The minimum Gasteiger partial charge on any atom is -0.481 e. The van der Waals surface area contributed by atoms with E-state index in [0.29, 0.717) is 30.7 Å². The highest BCUT2D eigenvalue weighted by Gasteiger charge is 2.72. The Morgan fingerprint density at radius 1 is 0.843 bits per heavy atom. The molecule has 1 amide bonds. The Hall–Kier alpha value is -2.22. The van der Waals surface area contributed by atoms with E-state index < -0.39 is 17.3 Å². The molecule has 11 atom stereocenters. The number of fused-ring (bicyclic) bond motifs is 7. The van der Waals surface area contributed by atoms with E-state index in [4.69, 9.17) is 10.5 Å². The van der Waals surface area contributed by atoms with Crippen molar-refractivity contribution in [2.75, 3.05) is 13.1 Å². The van der Waals surface area contributed by atoms with Crippen LogP contribution >= 0.6 is 0 Å². The number of esters is 1. The fourth-order valence-corrected chi connectivity index (χ4v) is 13.9. The Morgan fingerprint density at radius 2 is 1.55 bits per heavy atom. The second kappa shape index (κ2) is 14.9. The van der Waals surface area contributed by atoms with Gasteiger partial charge < -0.3 is 20.9 Å². The number of carboxylic acids is 1. The Kier molecular flexibility index (Phi) is 11.7. The number of carboxylic acid groups (broad SMARTS) is 1. The molecule has 5 aliphatic carbocycles. The average molecular weight is 711 g/mol. The van der Waals surface area contributed by atoms with Gasteiger partial charge in [0.25, 0.3) is 0 Å². The molecule has 5 fully saturated rings. The monoisotopic (exact) mass is 711 g/mol. The van der Waals surface area contributed by atoms with Crippen LogP contribution in [0.1, 0.15) is 151 Å². The van der Waals surface area contributed by atoms with Gasteiger partial charge in [-0.2, -0.15) is 0 Å². The highest BCUT2D eigenvalue weighted by atomic mass is 16.5. The molecular formula is C43H70N2O6. The summed E-state index contributed by atoms with van der Waals surface area (Å²) in [5.74, 6) is -0.278. The number of allylic oxidation sites excluding steroid dienone is 1. The smallest absolute Gasteiger partial charge is 0.305 e. The van der Waals surface area contributed by atoms with Gasteiger partial charge >= 0.3 is 11.9 Å². The van der Waals surface area contributed by atoms with Gasteiger partial charge in [0.2, 0.25) is 5.91 Å². The summed E-state index contributed by atoms with van der Waals surface area (Å²) in [7, 11) is 0. The zero-order chi connectivity index (χ0) is 37.6. The summed E-state index contributed by atoms with van der Waals surface area (Å²) >= 11 is 0. The summed E-state index contributed by atoms with van der Waals surface area (Å²) in [5.41, 5.74) is 6.56. The SMILES string of the molecule is C=C(C)[C@@H]1CC[C@]2(C(=O)C(CCCCCCN)C(=O)NCCC(=O)O)CC[C@]3(C)[C@H](CCC4[C@@]5(C)CC[C@H](OC(C)=O)C(C)(C)[C@@H]5CC[C@]43C)[C@@H]12. The third-order valence-electron chi connectivity index (χ3n) is 16.5. The highest BCUT2D eigenvalue weighted by molar-refractivity contribution is 6.04. The molecule has 5 aliphatic rings. The van der Waals surface area contributed by atoms with E-state index in [1.165, 1.54) is 6.92 Å². The highest BCUT2D eigenvalue weighted by Crippen LogP contribution is 2.78. The summed E-state index contributed by atoms with van der Waals surface area (Å²) < 4.78 is 5.95. The molecule has 288 valence electrons. The van der Waals surface area contributed by atoms with E-state index in [1.807, 2.05) is 0 Å². The molecule has 4 N–H and O–H groups in total. The van der Waals surface area contributed by atoms with E-state index in [-0.39, 0.29) is 70.2 Å². The van der Waals surface area contributed by atoms with Crippen LogP contribution in [-0.4, -0.2) is 47.9 Å². The Morgan fingerprint density at radius 3 is 2.20 bits per heavy atom. The topological polar surface area (TPSA) is 136 Å². The molecule has 0 aliphatic heterocycles. The number of aliphatic carboxylic acids is 1. The first-order chi connectivity index (χ1) is 23.9. The first-order valence-corrected chi connectivity index (χ1v) is 20.5. The van der Waals surface area contributed by atoms with Crippen molar-refractivity contribution in [2.24, 2.45) is 68.3 Å². The normalized spacial score (nSPS) is 40.1. The average Bonchev–Trinajstić information content (AvgIpc) is 3.45. The van der Waals surface area contributed by atoms with Gasteiger partial charge in [-0.15, -0.1) is 0 Å². The van der Waals surface area contributed by atoms with Crippen molar-refractivity contribution in [3.63, 3.8) is 0 Å². The van der Waals surface area contributed by atoms with Crippen molar-refractivity contribution < 1.29 is 29.0 Å². The van der Waals surface area contributed by atoms with Crippen molar-refractivity contribution in [1.29, 1.82) is 0 Å². The van der Waals surface area contributed by atoms with Crippen LogP contribution in [-0.2, 0) is 23.9 Å². The van der Waals surface area contributed by atoms with E-state index in [0.717, 1.165) is 95.5 Å². The lowest BCUT2D eigenvalue weighted by atomic mass is 9.32. The van der Waals surface area contributed by atoms with Crippen LogP contribution in [0.15, 0.2) is 12.2 Å². The second-order valence-electron chi connectivity index (χ2n) is 19.1. The minimum absolute atomic E-state index is 0.0363. The predicted molar refractivity (Wildman–Crippen MR) is 200 cm³/mol. The van der Waals surface area contributed by atoms with Crippen molar-refractivity contribution in [1.82, 2.24) is 5.32 Å². The van der Waals surface area contributed by atoms with Crippen molar-refractivity contribution >= 4 is 23.6 Å². The Balaban J connectivity index is 1.47. The molecule has 5 rings (SSSR count). The van der Waals surface area contributed by atoms with Gasteiger partial charge in [0.05, 0.1) is 12.3 Å². The molecule has 51 heavy (non-hydrogen) atoms. The molecule has 0 bridgehead atoms. The predicted octanol–water partition coefficient (Wildman–Crippen LogP) is 8.26. The van der Waals surface area contributed by atoms with Gasteiger partial charge in [0, 0.05) is 24.3 Å². The third-order valence-corrected chi connectivity index (χ3v) is 16.5. The number of ether oxygens (including phenoxy) is 1. The number of nitrogens with one attached hydrogen (secondary N) is 1. The molecule has 2 unspecified atom stereocenters. The molecule has 8 nitrogen and oxygen atoms in total. The third kappa shape index (κ3) is 6.75. The maximum atomic E-state index is 15.2. The number of hydrogen-bond donors (Lipinski definition) is 3. The van der Waals surface area contributed by atoms with E-state index >= 15 is 4.79 Å². The fourth-order valence-electron chi connectivity index (χ4n) is 13.9. The number of nitrogens with two attached hydrogens (primary N) is 1. The number of hydrogen-bond acceptors (Lipinski definition) is 6. The number of amides is 1. The van der Waals surface area contributed by atoms with E-state index in [1.54, 1.807) is 0 Å². The summed E-state index contributed by atoms with van der Waals surface area (Å²) in [6.07, 6.45) is 13.9. The molecule has 0 aromatic heterocycles. The summed E-state index contributed by atoms with van der Waals surface area (Å²) in [4.78, 5) is 52.4. The molecular weight excluding hydrogens is 640 g/mol. The van der Waals surface area contributed by atoms with Crippen LogP contribution in [0.25, 0.3) is 0 Å². The number of carbonyl (C=O) groups is 4. The quantitative estimate of drug-likeness (QED) is 0.0715. The van der Waals surface area contributed by atoms with Crippen molar-refractivity contribution in [3.05, 3.63) is 12.2 Å². The van der Waals surface area contributed by atoms with Gasteiger partial charge in [-0.05, 0) is 136 Å². The second-order valence-corrected chi connectivity index (χ2v) is 19.1. The number of unbranched alkanes of at least 4 members (excludes halogenated alkanes) is 3. The van der Waals surface area contributed by atoms with Crippen LogP contribution in [0.2, 0.25) is 0 Å². The first kappa shape index (κ1) is 40.0. The summed E-state index contributed by atoms with van der Waals surface area (Å²) in [6, 6.07) is 0. The van der Waals surface area contributed by atoms with E-state index in [9.17, 15) is 19.5 Å². The molecule has 0 saturated heterocycles.